The first-order chi connectivity index (χ1) is 11.3. The number of aliphatic carboxylic acids is 1. The summed E-state index contributed by atoms with van der Waals surface area (Å²) in [4.78, 5) is 24.7. The number of carboxylic acids is 1. The number of amides is 1. The van der Waals surface area contributed by atoms with E-state index in [1.54, 1.807) is 6.07 Å². The summed E-state index contributed by atoms with van der Waals surface area (Å²) < 4.78 is 41.5. The van der Waals surface area contributed by atoms with Gasteiger partial charge in [-0.15, -0.1) is 13.2 Å². The normalized spacial score (nSPS) is 22.8. The molecule has 0 radical (unpaired) electrons. The topological polar surface area (TPSA) is 66.8 Å². The molecule has 1 amide bonds. The molecule has 5 nitrogen and oxygen atoms in total. The van der Waals surface area contributed by atoms with Crippen LogP contribution in [-0.4, -0.2) is 40.8 Å². The highest BCUT2D eigenvalue weighted by Gasteiger charge is 2.50. The van der Waals surface area contributed by atoms with Crippen LogP contribution in [0.2, 0.25) is 0 Å². The van der Waals surface area contributed by atoms with Gasteiger partial charge in [-0.3, -0.25) is 9.59 Å². The molecule has 0 bridgehead atoms. The van der Waals surface area contributed by atoms with Gasteiger partial charge in [0.15, 0.2) is 0 Å². The second kappa shape index (κ2) is 5.99. The molecule has 8 heteroatoms. The van der Waals surface area contributed by atoms with E-state index < -0.39 is 18.2 Å². The van der Waals surface area contributed by atoms with E-state index in [0.29, 0.717) is 12.0 Å². The van der Waals surface area contributed by atoms with E-state index in [9.17, 15) is 22.8 Å². The minimum Gasteiger partial charge on any atom is -0.480 e. The summed E-state index contributed by atoms with van der Waals surface area (Å²) in [6.07, 6.45) is -2.86. The van der Waals surface area contributed by atoms with Gasteiger partial charge in [-0.05, 0) is 36.8 Å². The third-order valence-electron chi connectivity index (χ3n) is 4.23. The predicted molar refractivity (Wildman–Crippen MR) is 76.3 cm³/mol. The quantitative estimate of drug-likeness (QED) is 0.862. The summed E-state index contributed by atoms with van der Waals surface area (Å²) in [6, 6.07) is 5.70. The smallest absolute Gasteiger partial charge is 0.480 e. The molecule has 0 aromatic heterocycles. The fourth-order valence-electron chi connectivity index (χ4n) is 2.95. The van der Waals surface area contributed by atoms with Crippen molar-refractivity contribution >= 4 is 11.9 Å². The van der Waals surface area contributed by atoms with Gasteiger partial charge in [0.1, 0.15) is 12.3 Å². The molecule has 130 valence electrons. The monoisotopic (exact) mass is 343 g/mol. The van der Waals surface area contributed by atoms with Crippen molar-refractivity contribution in [3.63, 3.8) is 0 Å². The van der Waals surface area contributed by atoms with Gasteiger partial charge in [-0.25, -0.2) is 0 Å². The highest BCUT2D eigenvalue weighted by atomic mass is 19.4. The first-order valence-corrected chi connectivity index (χ1v) is 7.63. The zero-order chi connectivity index (χ0) is 17.5. The second-order valence-electron chi connectivity index (χ2n) is 6.13. The predicted octanol–water partition coefficient (Wildman–Crippen LogP) is 2.76. The number of alkyl halides is 3. The molecule has 2 saturated carbocycles. The van der Waals surface area contributed by atoms with Gasteiger partial charge < -0.3 is 14.7 Å². The van der Waals surface area contributed by atoms with Crippen LogP contribution in [0.25, 0.3) is 0 Å². The van der Waals surface area contributed by atoms with Gasteiger partial charge in [0.2, 0.25) is 5.91 Å². The van der Waals surface area contributed by atoms with Crippen LogP contribution in [0, 0.1) is 5.92 Å². The van der Waals surface area contributed by atoms with E-state index in [-0.39, 0.29) is 30.2 Å². The van der Waals surface area contributed by atoms with Crippen LogP contribution in [0.5, 0.6) is 5.75 Å². The van der Waals surface area contributed by atoms with Crippen LogP contribution in [-0.2, 0) is 9.59 Å². The number of carbonyl (C=O) groups excluding carboxylic acids is 1. The molecule has 0 unspecified atom stereocenters. The van der Waals surface area contributed by atoms with Crippen molar-refractivity contribution in [3.05, 3.63) is 29.8 Å². The summed E-state index contributed by atoms with van der Waals surface area (Å²) in [6.45, 7) is -0.368. The van der Waals surface area contributed by atoms with Crippen LogP contribution < -0.4 is 4.74 Å². The van der Waals surface area contributed by atoms with Gasteiger partial charge in [0.05, 0.1) is 0 Å². The fraction of sp³-hybridized carbons (Fsp3) is 0.500. The lowest BCUT2D eigenvalue weighted by Gasteiger charge is -2.20. The largest absolute Gasteiger partial charge is 0.573 e. The van der Waals surface area contributed by atoms with E-state index in [4.69, 9.17) is 5.11 Å². The van der Waals surface area contributed by atoms with Gasteiger partial charge in [-0.2, -0.15) is 0 Å². The van der Waals surface area contributed by atoms with Crippen molar-refractivity contribution in [2.45, 2.75) is 37.6 Å². The van der Waals surface area contributed by atoms with Crippen LogP contribution in [0.3, 0.4) is 0 Å². The lowest BCUT2D eigenvalue weighted by molar-refractivity contribution is -0.274. The van der Waals surface area contributed by atoms with Gasteiger partial charge in [-0.1, -0.05) is 18.2 Å². The SMILES string of the molecule is O=C(O)CN(C(=O)[C@@H]1C[C@@H]1c1ccccc1OC(F)(F)F)C1CC1. The van der Waals surface area contributed by atoms with Crippen molar-refractivity contribution < 1.29 is 32.6 Å². The van der Waals surface area contributed by atoms with E-state index in [0.717, 1.165) is 12.8 Å². The molecule has 1 aromatic carbocycles. The maximum atomic E-state index is 12.5. The average Bonchev–Trinajstić information content (AvgIpc) is 3.35. The number of carbonyl (C=O) groups is 2. The molecule has 3 rings (SSSR count). The molecule has 1 aromatic rings. The number of rotatable bonds is 6. The van der Waals surface area contributed by atoms with Crippen LogP contribution >= 0.6 is 0 Å². The lowest BCUT2D eigenvalue weighted by atomic mass is 10.1. The minimum atomic E-state index is -4.80. The van der Waals surface area contributed by atoms with Gasteiger partial charge in [0.25, 0.3) is 0 Å². The number of nitrogens with zero attached hydrogens (tertiary/aromatic N) is 1. The Morgan fingerprint density at radius 1 is 1.25 bits per heavy atom. The molecular formula is C16H16F3NO4. The summed E-state index contributed by atoms with van der Waals surface area (Å²) in [5.74, 6) is -2.55. The van der Waals surface area contributed by atoms with Crippen LogP contribution in [0.4, 0.5) is 13.2 Å². The average molecular weight is 343 g/mol. The number of para-hydroxylation sites is 1. The third kappa shape index (κ3) is 3.80. The first-order valence-electron chi connectivity index (χ1n) is 7.63. The van der Waals surface area contributed by atoms with Crippen molar-refractivity contribution in [3.8, 4) is 5.75 Å². The maximum Gasteiger partial charge on any atom is 0.573 e. The Kier molecular flexibility index (Phi) is 4.15. The molecule has 0 spiro atoms. The molecule has 1 N–H and O–H groups in total. The van der Waals surface area contributed by atoms with Crippen LogP contribution in [0.15, 0.2) is 24.3 Å². The maximum absolute atomic E-state index is 12.5. The molecule has 0 saturated heterocycles. The number of hydrogen-bond acceptors (Lipinski definition) is 3. The summed E-state index contributed by atoms with van der Waals surface area (Å²) in [7, 11) is 0. The minimum absolute atomic E-state index is 0.0588. The lowest BCUT2D eigenvalue weighted by Crippen LogP contribution is -2.38. The zero-order valence-corrected chi connectivity index (χ0v) is 12.6. The van der Waals surface area contributed by atoms with Crippen molar-refractivity contribution in [2.75, 3.05) is 6.54 Å². The van der Waals surface area contributed by atoms with Crippen molar-refractivity contribution in [2.24, 2.45) is 5.92 Å². The molecule has 2 aliphatic carbocycles. The Hall–Kier alpha value is -2.25. The molecule has 0 heterocycles. The number of hydrogen-bond donors (Lipinski definition) is 1. The fourth-order valence-corrected chi connectivity index (χ4v) is 2.95. The number of ether oxygens (including phenoxy) is 1. The second-order valence-corrected chi connectivity index (χ2v) is 6.13. The highest BCUT2D eigenvalue weighted by molar-refractivity contribution is 5.87. The van der Waals surface area contributed by atoms with Crippen molar-refractivity contribution in [1.29, 1.82) is 0 Å². The van der Waals surface area contributed by atoms with E-state index in [1.807, 2.05) is 0 Å². The van der Waals surface area contributed by atoms with Gasteiger partial charge in [0, 0.05) is 12.0 Å². The summed E-state index contributed by atoms with van der Waals surface area (Å²) in [5, 5.41) is 8.93. The third-order valence-corrected chi connectivity index (χ3v) is 4.23. The zero-order valence-electron chi connectivity index (χ0n) is 12.6. The van der Waals surface area contributed by atoms with Crippen molar-refractivity contribution in [1.82, 2.24) is 4.90 Å². The van der Waals surface area contributed by atoms with Crippen LogP contribution in [0.1, 0.15) is 30.7 Å². The van der Waals surface area contributed by atoms with E-state index in [1.165, 1.54) is 23.1 Å². The van der Waals surface area contributed by atoms with E-state index >= 15 is 0 Å². The number of carboxylic acid groups (broad SMARTS) is 1. The summed E-state index contributed by atoms with van der Waals surface area (Å²) >= 11 is 0. The number of halogens is 3. The highest BCUT2D eigenvalue weighted by Crippen LogP contribution is 2.52. The molecule has 24 heavy (non-hydrogen) atoms. The summed E-state index contributed by atoms with van der Waals surface area (Å²) in [5.41, 5.74) is 0.333. The Morgan fingerprint density at radius 3 is 2.50 bits per heavy atom. The Morgan fingerprint density at radius 2 is 1.92 bits per heavy atom. The standard InChI is InChI=1S/C16H16F3NO4/c17-16(18,19)24-13-4-2-1-3-10(13)11-7-12(11)15(23)20(8-14(21)22)9-5-6-9/h1-4,9,11-12H,5-8H2,(H,21,22)/t11-,12-/m1/s1. The Bertz CT molecular complexity index is 657. The Balaban J connectivity index is 1.73. The molecule has 2 atom stereocenters. The molecule has 0 aliphatic heterocycles. The van der Waals surface area contributed by atoms with E-state index in [2.05, 4.69) is 4.74 Å². The molecular weight excluding hydrogens is 327 g/mol. The van der Waals surface area contributed by atoms with Gasteiger partial charge >= 0.3 is 12.3 Å². The Labute approximate surface area is 136 Å². The number of benzene rings is 1. The molecule has 2 aliphatic rings. The molecule has 2 fully saturated rings. The first kappa shape index (κ1) is 16.6.